The number of hydrogen-bond donors (Lipinski definition) is 2. The van der Waals surface area contributed by atoms with E-state index in [0.717, 1.165) is 12.8 Å². The summed E-state index contributed by atoms with van der Waals surface area (Å²) in [4.78, 5) is 3.85. The molecule has 1 fully saturated rings. The zero-order valence-corrected chi connectivity index (χ0v) is 8.68. The normalized spacial score (nSPS) is 16.7. The van der Waals surface area contributed by atoms with Crippen LogP contribution in [0.5, 0.6) is 5.88 Å². The van der Waals surface area contributed by atoms with Gasteiger partial charge in [-0.1, -0.05) is 17.8 Å². The van der Waals surface area contributed by atoms with Crippen molar-refractivity contribution in [2.45, 2.75) is 32.1 Å². The van der Waals surface area contributed by atoms with Gasteiger partial charge < -0.3 is 5.11 Å². The van der Waals surface area contributed by atoms with E-state index in [-0.39, 0.29) is 5.88 Å². The molecule has 0 radical (unpaired) electrons. The summed E-state index contributed by atoms with van der Waals surface area (Å²) in [6.45, 7) is 0. The van der Waals surface area contributed by atoms with Gasteiger partial charge in [0.1, 0.15) is 0 Å². The summed E-state index contributed by atoms with van der Waals surface area (Å²) in [7, 11) is 0. The fraction of sp³-hybridized carbons (Fsp3) is 0.556. The Balaban J connectivity index is 1.91. The molecule has 0 aromatic carbocycles. The van der Waals surface area contributed by atoms with Gasteiger partial charge in [0.2, 0.25) is 11.0 Å². The first-order chi connectivity index (χ1) is 6.84. The smallest absolute Gasteiger partial charge is 0.223 e. The molecule has 5 heteroatoms. The molecule has 0 aliphatic heterocycles. The summed E-state index contributed by atoms with van der Waals surface area (Å²) in [6, 6.07) is 0. The SMILES string of the molecule is Oc1csc(NN=C2CCCCC2)n1. The maximum Gasteiger partial charge on any atom is 0.223 e. The molecule has 1 saturated carbocycles. The number of thiazole rings is 1. The second-order valence-electron chi connectivity index (χ2n) is 3.36. The first-order valence-electron chi connectivity index (χ1n) is 4.80. The zero-order valence-electron chi connectivity index (χ0n) is 7.86. The third-order valence-electron chi connectivity index (χ3n) is 2.23. The fourth-order valence-electron chi connectivity index (χ4n) is 1.52. The van der Waals surface area contributed by atoms with Crippen LogP contribution in [0.3, 0.4) is 0 Å². The van der Waals surface area contributed by atoms with Gasteiger partial charge in [0, 0.05) is 5.71 Å². The molecule has 0 unspecified atom stereocenters. The number of nitrogens with zero attached hydrogens (tertiary/aromatic N) is 2. The molecule has 0 amide bonds. The number of nitrogens with one attached hydrogen (secondary N) is 1. The average Bonchev–Trinajstić information content (AvgIpc) is 2.63. The lowest BCUT2D eigenvalue weighted by molar-refractivity contribution is 0.458. The number of aromatic hydroxyl groups is 1. The van der Waals surface area contributed by atoms with E-state index in [9.17, 15) is 0 Å². The van der Waals surface area contributed by atoms with Gasteiger partial charge in [-0.3, -0.25) is 5.43 Å². The van der Waals surface area contributed by atoms with Gasteiger partial charge in [-0.15, -0.1) is 0 Å². The summed E-state index contributed by atoms with van der Waals surface area (Å²) in [6.07, 6.45) is 5.97. The van der Waals surface area contributed by atoms with Gasteiger partial charge in [0.05, 0.1) is 5.38 Å². The molecular weight excluding hydrogens is 198 g/mol. The van der Waals surface area contributed by atoms with E-state index in [1.807, 2.05) is 0 Å². The Morgan fingerprint density at radius 3 is 2.79 bits per heavy atom. The quantitative estimate of drug-likeness (QED) is 0.739. The average molecular weight is 211 g/mol. The summed E-state index contributed by atoms with van der Waals surface area (Å²) in [5, 5.41) is 15.5. The first-order valence-corrected chi connectivity index (χ1v) is 5.68. The fourth-order valence-corrected chi connectivity index (χ4v) is 2.03. The van der Waals surface area contributed by atoms with E-state index in [1.54, 1.807) is 5.38 Å². The molecule has 2 rings (SSSR count). The van der Waals surface area contributed by atoms with Gasteiger partial charge in [0.15, 0.2) is 0 Å². The minimum atomic E-state index is 0.0568. The lowest BCUT2D eigenvalue weighted by Crippen LogP contribution is -2.06. The van der Waals surface area contributed by atoms with E-state index in [0.29, 0.717) is 5.13 Å². The molecule has 0 bridgehead atoms. The van der Waals surface area contributed by atoms with E-state index in [4.69, 9.17) is 5.11 Å². The summed E-state index contributed by atoms with van der Waals surface area (Å²) in [5.74, 6) is 0.0568. The van der Waals surface area contributed by atoms with Gasteiger partial charge in [-0.25, -0.2) is 0 Å². The van der Waals surface area contributed by atoms with Gasteiger partial charge >= 0.3 is 0 Å². The van der Waals surface area contributed by atoms with Crippen molar-refractivity contribution in [3.05, 3.63) is 5.38 Å². The highest BCUT2D eigenvalue weighted by molar-refractivity contribution is 7.13. The highest BCUT2D eigenvalue weighted by Crippen LogP contribution is 2.20. The third kappa shape index (κ3) is 2.45. The number of hydrogen-bond acceptors (Lipinski definition) is 5. The lowest BCUT2D eigenvalue weighted by Gasteiger charge is -2.11. The van der Waals surface area contributed by atoms with Crippen LogP contribution in [0.4, 0.5) is 5.13 Å². The van der Waals surface area contributed by atoms with Crippen molar-refractivity contribution in [2.75, 3.05) is 5.43 Å². The molecule has 1 aromatic heterocycles. The van der Waals surface area contributed by atoms with Crippen molar-refractivity contribution in [3.8, 4) is 5.88 Å². The standard InChI is InChI=1S/C9H13N3OS/c13-8-6-14-9(10-8)12-11-7-4-2-1-3-5-7/h6,13H,1-5H2,(H,10,12). The summed E-state index contributed by atoms with van der Waals surface area (Å²) < 4.78 is 0. The minimum Gasteiger partial charge on any atom is -0.493 e. The van der Waals surface area contributed by atoms with Crippen LogP contribution in [0.1, 0.15) is 32.1 Å². The predicted molar refractivity (Wildman–Crippen MR) is 57.9 cm³/mol. The van der Waals surface area contributed by atoms with E-state index >= 15 is 0 Å². The number of anilines is 1. The molecule has 1 aliphatic rings. The van der Waals surface area contributed by atoms with Crippen molar-refractivity contribution in [3.63, 3.8) is 0 Å². The first kappa shape index (κ1) is 9.45. The van der Waals surface area contributed by atoms with Gasteiger partial charge in [-0.2, -0.15) is 10.1 Å². The van der Waals surface area contributed by atoms with Crippen molar-refractivity contribution >= 4 is 22.2 Å². The van der Waals surface area contributed by atoms with Gasteiger partial charge in [-0.05, 0) is 25.7 Å². The largest absolute Gasteiger partial charge is 0.493 e. The molecule has 4 nitrogen and oxygen atoms in total. The number of hydrazone groups is 1. The molecule has 1 heterocycles. The Morgan fingerprint density at radius 2 is 2.14 bits per heavy atom. The maximum atomic E-state index is 9.00. The Labute approximate surface area is 86.7 Å². The van der Waals surface area contributed by atoms with Crippen LogP contribution in [0.25, 0.3) is 0 Å². The number of aromatic nitrogens is 1. The highest BCUT2D eigenvalue weighted by Gasteiger charge is 2.06. The molecule has 1 aromatic rings. The van der Waals surface area contributed by atoms with Crippen LogP contribution in [-0.2, 0) is 0 Å². The zero-order chi connectivity index (χ0) is 9.80. The molecule has 76 valence electrons. The van der Waals surface area contributed by atoms with Crippen molar-refractivity contribution in [1.29, 1.82) is 0 Å². The molecular formula is C9H13N3OS. The maximum absolute atomic E-state index is 9.00. The summed E-state index contributed by atoms with van der Waals surface area (Å²) in [5.41, 5.74) is 4.08. The Kier molecular flexibility index (Phi) is 2.98. The van der Waals surface area contributed by atoms with Crippen LogP contribution in [0.2, 0.25) is 0 Å². The van der Waals surface area contributed by atoms with E-state index < -0.39 is 0 Å². The second kappa shape index (κ2) is 4.41. The van der Waals surface area contributed by atoms with Crippen LogP contribution in [0.15, 0.2) is 10.5 Å². The topological polar surface area (TPSA) is 57.5 Å². The van der Waals surface area contributed by atoms with Crippen LogP contribution in [-0.4, -0.2) is 15.8 Å². The molecule has 14 heavy (non-hydrogen) atoms. The Morgan fingerprint density at radius 1 is 1.36 bits per heavy atom. The van der Waals surface area contributed by atoms with Crippen LogP contribution < -0.4 is 5.43 Å². The van der Waals surface area contributed by atoms with Crippen molar-refractivity contribution in [2.24, 2.45) is 5.10 Å². The molecule has 0 saturated heterocycles. The lowest BCUT2D eigenvalue weighted by atomic mass is 9.99. The minimum absolute atomic E-state index is 0.0568. The molecule has 1 aliphatic carbocycles. The van der Waals surface area contributed by atoms with Crippen LogP contribution >= 0.6 is 11.3 Å². The van der Waals surface area contributed by atoms with Crippen molar-refractivity contribution < 1.29 is 5.11 Å². The number of rotatable bonds is 2. The molecule has 2 N–H and O–H groups in total. The Hall–Kier alpha value is -1.10. The molecule has 0 atom stereocenters. The summed E-state index contributed by atoms with van der Waals surface area (Å²) >= 11 is 1.36. The predicted octanol–water partition coefficient (Wildman–Crippen LogP) is 2.58. The molecule has 0 spiro atoms. The second-order valence-corrected chi connectivity index (χ2v) is 4.22. The third-order valence-corrected chi connectivity index (χ3v) is 2.97. The Bertz CT molecular complexity index is 327. The van der Waals surface area contributed by atoms with Crippen LogP contribution in [0, 0.1) is 0 Å². The van der Waals surface area contributed by atoms with Crippen molar-refractivity contribution in [1.82, 2.24) is 4.98 Å². The van der Waals surface area contributed by atoms with E-state index in [1.165, 1.54) is 36.3 Å². The van der Waals surface area contributed by atoms with E-state index in [2.05, 4.69) is 15.5 Å². The van der Waals surface area contributed by atoms with Gasteiger partial charge in [0.25, 0.3) is 0 Å². The highest BCUT2D eigenvalue weighted by atomic mass is 32.1. The monoisotopic (exact) mass is 211 g/mol.